The van der Waals surface area contributed by atoms with Crippen LogP contribution in [0.1, 0.15) is 10.4 Å². The van der Waals surface area contributed by atoms with Gasteiger partial charge in [0.25, 0.3) is 0 Å². The first-order valence-corrected chi connectivity index (χ1v) is 5.48. The zero-order chi connectivity index (χ0) is 13.4. The number of aromatic hydroxyl groups is 1. The van der Waals surface area contributed by atoms with E-state index in [1.807, 2.05) is 0 Å². The molecular formula is C14H8O5. The second-order valence-corrected chi connectivity index (χ2v) is 3.98. The third-order valence-electron chi connectivity index (χ3n) is 2.84. The highest BCUT2D eigenvalue weighted by molar-refractivity contribution is 5.97. The lowest BCUT2D eigenvalue weighted by Crippen LogP contribution is -2.01. The van der Waals surface area contributed by atoms with Crippen molar-refractivity contribution in [3.05, 3.63) is 52.6 Å². The molecule has 0 spiro atoms. The number of rotatable bonds is 2. The lowest BCUT2D eigenvalue weighted by atomic mass is 10.1. The molecule has 0 unspecified atom stereocenters. The number of carbonyl (C=O) groups excluding carboxylic acids is 1. The van der Waals surface area contributed by atoms with Crippen molar-refractivity contribution in [1.82, 2.24) is 0 Å². The molecule has 5 nitrogen and oxygen atoms in total. The van der Waals surface area contributed by atoms with Crippen molar-refractivity contribution in [1.29, 1.82) is 0 Å². The Morgan fingerprint density at radius 1 is 1.21 bits per heavy atom. The summed E-state index contributed by atoms with van der Waals surface area (Å²) in [7, 11) is 0. The molecule has 1 aromatic carbocycles. The van der Waals surface area contributed by atoms with Crippen LogP contribution in [-0.2, 0) is 0 Å². The van der Waals surface area contributed by atoms with Crippen LogP contribution in [0.2, 0.25) is 0 Å². The normalized spacial score (nSPS) is 10.7. The third kappa shape index (κ3) is 1.72. The smallest absolute Gasteiger partial charge is 0.193 e. The number of fused-ring (bicyclic) bond motifs is 1. The Morgan fingerprint density at radius 2 is 2.05 bits per heavy atom. The zero-order valence-corrected chi connectivity index (χ0v) is 9.62. The van der Waals surface area contributed by atoms with Crippen molar-refractivity contribution in [2.75, 3.05) is 0 Å². The van der Waals surface area contributed by atoms with Gasteiger partial charge in [0.1, 0.15) is 17.8 Å². The number of phenolic OH excluding ortho intramolecular Hbond substituents is 1. The molecule has 2 aromatic heterocycles. The molecule has 1 N–H and O–H groups in total. The molecule has 94 valence electrons. The van der Waals surface area contributed by atoms with Crippen molar-refractivity contribution >= 4 is 17.3 Å². The molecular weight excluding hydrogens is 248 g/mol. The second-order valence-electron chi connectivity index (χ2n) is 3.98. The number of hydrogen-bond acceptors (Lipinski definition) is 5. The molecule has 2 heterocycles. The molecule has 0 atom stereocenters. The maximum Gasteiger partial charge on any atom is 0.193 e. The maximum absolute atomic E-state index is 12.0. The Balaban J connectivity index is 2.42. The molecule has 0 saturated heterocycles. The minimum atomic E-state index is -0.291. The summed E-state index contributed by atoms with van der Waals surface area (Å²) in [5.74, 6) is 0.0509. The summed E-state index contributed by atoms with van der Waals surface area (Å²) in [4.78, 5) is 23.0. The van der Waals surface area contributed by atoms with Crippen LogP contribution in [0.5, 0.6) is 5.75 Å². The predicted molar refractivity (Wildman–Crippen MR) is 67.2 cm³/mol. The van der Waals surface area contributed by atoms with Crippen LogP contribution in [0.4, 0.5) is 0 Å². The average molecular weight is 256 g/mol. The molecule has 3 aromatic rings. The van der Waals surface area contributed by atoms with Crippen LogP contribution >= 0.6 is 0 Å². The summed E-state index contributed by atoms with van der Waals surface area (Å²) in [5, 5.41) is 9.85. The average Bonchev–Trinajstić information content (AvgIpc) is 2.92. The summed E-state index contributed by atoms with van der Waals surface area (Å²) in [6.07, 6.45) is 3.33. The highest BCUT2D eigenvalue weighted by Crippen LogP contribution is 2.28. The molecule has 19 heavy (non-hydrogen) atoms. The van der Waals surface area contributed by atoms with Gasteiger partial charge in [0, 0.05) is 6.07 Å². The fourth-order valence-electron chi connectivity index (χ4n) is 1.89. The van der Waals surface area contributed by atoms with Gasteiger partial charge in [-0.2, -0.15) is 0 Å². The number of carbonyl (C=O) groups is 1. The highest BCUT2D eigenvalue weighted by Gasteiger charge is 2.13. The molecule has 0 radical (unpaired) electrons. The first-order chi connectivity index (χ1) is 9.20. The maximum atomic E-state index is 12.0. The number of benzene rings is 1. The van der Waals surface area contributed by atoms with Crippen molar-refractivity contribution in [3.63, 3.8) is 0 Å². The lowest BCUT2D eigenvalue weighted by Gasteiger charge is -2.04. The van der Waals surface area contributed by atoms with E-state index in [1.165, 1.54) is 30.7 Å². The largest absolute Gasteiger partial charge is 0.507 e. The molecule has 0 bridgehead atoms. The monoisotopic (exact) mass is 256 g/mol. The van der Waals surface area contributed by atoms with Crippen LogP contribution in [0.3, 0.4) is 0 Å². The van der Waals surface area contributed by atoms with Gasteiger partial charge in [0.05, 0.1) is 22.8 Å². The Bertz CT molecular complexity index is 812. The van der Waals surface area contributed by atoms with Gasteiger partial charge in [0.2, 0.25) is 0 Å². The molecule has 0 aliphatic heterocycles. The van der Waals surface area contributed by atoms with E-state index in [-0.39, 0.29) is 33.5 Å². The molecule has 0 aliphatic carbocycles. The van der Waals surface area contributed by atoms with Crippen LogP contribution in [0.15, 0.2) is 50.4 Å². The Morgan fingerprint density at radius 3 is 2.74 bits per heavy atom. The van der Waals surface area contributed by atoms with Crippen molar-refractivity contribution in [2.24, 2.45) is 0 Å². The summed E-state index contributed by atoms with van der Waals surface area (Å²) < 4.78 is 10.5. The van der Waals surface area contributed by atoms with E-state index in [0.717, 1.165) is 0 Å². The van der Waals surface area contributed by atoms with Gasteiger partial charge >= 0.3 is 0 Å². The lowest BCUT2D eigenvalue weighted by molar-refractivity contribution is 0.112. The van der Waals surface area contributed by atoms with E-state index in [2.05, 4.69) is 0 Å². The molecule has 3 rings (SSSR count). The Labute approximate surface area is 106 Å². The van der Waals surface area contributed by atoms with E-state index in [9.17, 15) is 14.7 Å². The summed E-state index contributed by atoms with van der Waals surface area (Å²) in [6, 6.07) is 5.66. The van der Waals surface area contributed by atoms with E-state index in [0.29, 0.717) is 11.8 Å². The molecule has 5 heteroatoms. The molecule has 0 aliphatic rings. The van der Waals surface area contributed by atoms with Gasteiger partial charge in [-0.3, -0.25) is 9.59 Å². The van der Waals surface area contributed by atoms with Crippen molar-refractivity contribution < 1.29 is 18.7 Å². The number of aldehydes is 1. The molecule has 0 amide bonds. The van der Waals surface area contributed by atoms with Crippen molar-refractivity contribution in [2.45, 2.75) is 0 Å². The zero-order valence-electron chi connectivity index (χ0n) is 9.62. The van der Waals surface area contributed by atoms with E-state index >= 15 is 0 Å². The van der Waals surface area contributed by atoms with Crippen LogP contribution in [0.25, 0.3) is 22.3 Å². The third-order valence-corrected chi connectivity index (χ3v) is 2.84. The van der Waals surface area contributed by atoms with Gasteiger partial charge in [-0.25, -0.2) is 0 Å². The topological polar surface area (TPSA) is 80.6 Å². The van der Waals surface area contributed by atoms with E-state index in [4.69, 9.17) is 8.83 Å². The minimum Gasteiger partial charge on any atom is -0.507 e. The second kappa shape index (κ2) is 4.13. The highest BCUT2D eigenvalue weighted by atomic mass is 16.3. The predicted octanol–water partition coefficient (Wildman–Crippen LogP) is 2.57. The molecule has 0 saturated carbocycles. The Kier molecular flexibility index (Phi) is 2.45. The molecule has 0 fully saturated rings. The van der Waals surface area contributed by atoms with Gasteiger partial charge in [-0.15, -0.1) is 0 Å². The summed E-state index contributed by atoms with van der Waals surface area (Å²) in [5.41, 5.74) is 0.318. The number of hydrogen-bond donors (Lipinski definition) is 1. The van der Waals surface area contributed by atoms with E-state index < -0.39 is 0 Å². The first kappa shape index (κ1) is 11.3. The van der Waals surface area contributed by atoms with Crippen LogP contribution in [0, 0.1) is 0 Å². The standard InChI is InChI=1S/C14H8O5/c15-6-10-11(16)2-1-9-12(17)5-13(19-14(9)10)8-3-4-18-7-8/h1-7,16H. The Hall–Kier alpha value is -2.82. The van der Waals surface area contributed by atoms with Gasteiger partial charge < -0.3 is 13.9 Å². The minimum absolute atomic E-state index is 0.0417. The van der Waals surface area contributed by atoms with Gasteiger partial charge in [-0.05, 0) is 18.2 Å². The van der Waals surface area contributed by atoms with E-state index in [1.54, 1.807) is 6.07 Å². The SMILES string of the molecule is O=Cc1c(O)ccc2c(=O)cc(-c3ccoc3)oc12. The number of phenols is 1. The fourth-order valence-corrected chi connectivity index (χ4v) is 1.89. The van der Waals surface area contributed by atoms with Crippen LogP contribution in [-0.4, -0.2) is 11.4 Å². The fraction of sp³-hybridized carbons (Fsp3) is 0. The van der Waals surface area contributed by atoms with Gasteiger partial charge in [0.15, 0.2) is 17.3 Å². The first-order valence-electron chi connectivity index (χ1n) is 5.48. The summed E-state index contributed by atoms with van der Waals surface area (Å²) in [6.45, 7) is 0. The van der Waals surface area contributed by atoms with Gasteiger partial charge in [-0.1, -0.05) is 0 Å². The summed E-state index contributed by atoms with van der Waals surface area (Å²) >= 11 is 0. The quantitative estimate of drug-likeness (QED) is 0.712. The van der Waals surface area contributed by atoms with Crippen LogP contribution < -0.4 is 5.43 Å². The van der Waals surface area contributed by atoms with Crippen molar-refractivity contribution in [3.8, 4) is 17.1 Å². The number of furan rings is 1.